The van der Waals surface area contributed by atoms with Crippen molar-refractivity contribution in [3.63, 3.8) is 0 Å². The maximum Gasteiger partial charge on any atom is 0.408 e. The highest BCUT2D eigenvalue weighted by Gasteiger charge is 2.18. The molecule has 0 aromatic heterocycles. The van der Waals surface area contributed by atoms with Crippen LogP contribution < -0.4 is 5.32 Å². The minimum atomic E-state index is -3.46. The Morgan fingerprint density at radius 2 is 1.77 bits per heavy atom. The Kier molecular flexibility index (Phi) is 5.96. The summed E-state index contributed by atoms with van der Waals surface area (Å²) < 4.78 is 31.8. The molecule has 0 heterocycles. The van der Waals surface area contributed by atoms with Gasteiger partial charge in [0.1, 0.15) is 5.60 Å². The molecule has 0 spiro atoms. The largest absolute Gasteiger partial charge is 0.444 e. The van der Waals surface area contributed by atoms with Gasteiger partial charge in [-0.25, -0.2) is 4.79 Å². The van der Waals surface area contributed by atoms with Crippen molar-refractivity contribution in [1.29, 1.82) is 0 Å². The Morgan fingerprint density at radius 1 is 1.23 bits per heavy atom. The van der Waals surface area contributed by atoms with Crippen molar-refractivity contribution < 1.29 is 22.1 Å². The summed E-state index contributed by atoms with van der Waals surface area (Å²) in [6.07, 6.45) is 0.526. The van der Waals surface area contributed by atoms with E-state index in [4.69, 9.17) is 8.92 Å². The zero-order valence-corrected chi connectivity index (χ0v) is 14.4. The van der Waals surface area contributed by atoms with Crippen molar-refractivity contribution >= 4 is 16.2 Å². The first-order chi connectivity index (χ1) is 9.96. The molecule has 0 aliphatic rings. The summed E-state index contributed by atoms with van der Waals surface area (Å²) >= 11 is 0. The topological polar surface area (TPSA) is 81.7 Å². The second kappa shape index (κ2) is 7.11. The van der Waals surface area contributed by atoms with Gasteiger partial charge < -0.3 is 10.1 Å². The number of carbonyl (C=O) groups excluding carboxylic acids is 1. The van der Waals surface area contributed by atoms with Crippen LogP contribution in [0.2, 0.25) is 0 Å². The van der Waals surface area contributed by atoms with Crippen LogP contribution in [-0.4, -0.2) is 26.4 Å². The van der Waals surface area contributed by atoms with E-state index in [9.17, 15) is 13.2 Å². The smallest absolute Gasteiger partial charge is 0.408 e. The standard InChI is InChI=1S/C15H23NO5S/c1-11(16-14(17)21-15(2,3)4)13-8-6-12(7-9-13)10-20-22(5,18)19/h6-9,11H,10H2,1-5H3,(H,16,17). The van der Waals surface area contributed by atoms with E-state index in [2.05, 4.69) is 5.32 Å². The molecule has 0 saturated carbocycles. The Labute approximate surface area is 131 Å². The number of alkyl carbamates (subject to hydrolysis) is 1. The molecule has 1 unspecified atom stereocenters. The number of carbonyl (C=O) groups is 1. The molecule has 0 bridgehead atoms. The number of rotatable bonds is 5. The van der Waals surface area contributed by atoms with Crippen LogP contribution in [-0.2, 0) is 25.6 Å². The lowest BCUT2D eigenvalue weighted by molar-refractivity contribution is 0.0508. The minimum Gasteiger partial charge on any atom is -0.444 e. The summed E-state index contributed by atoms with van der Waals surface area (Å²) in [5, 5.41) is 2.74. The monoisotopic (exact) mass is 329 g/mol. The molecule has 1 aromatic carbocycles. The van der Waals surface area contributed by atoms with Gasteiger partial charge in [-0.15, -0.1) is 0 Å². The third-order valence-electron chi connectivity index (χ3n) is 2.65. The Hall–Kier alpha value is -1.60. The fourth-order valence-electron chi connectivity index (χ4n) is 1.65. The first kappa shape index (κ1) is 18.4. The van der Waals surface area contributed by atoms with Crippen LogP contribution in [0.3, 0.4) is 0 Å². The van der Waals surface area contributed by atoms with E-state index in [0.29, 0.717) is 0 Å². The highest BCUT2D eigenvalue weighted by Crippen LogP contribution is 2.15. The van der Waals surface area contributed by atoms with Gasteiger partial charge in [-0.1, -0.05) is 24.3 Å². The lowest BCUT2D eigenvalue weighted by Gasteiger charge is -2.22. The fourth-order valence-corrected chi connectivity index (χ4v) is 2.00. The molecule has 0 saturated heterocycles. The molecule has 1 rings (SSSR count). The Balaban J connectivity index is 2.60. The normalized spacial score (nSPS) is 13.5. The number of ether oxygens (including phenoxy) is 1. The molecule has 6 nitrogen and oxygen atoms in total. The second-order valence-corrected chi connectivity index (χ2v) is 7.72. The summed E-state index contributed by atoms with van der Waals surface area (Å²) in [5.74, 6) is 0. The zero-order chi connectivity index (χ0) is 17.0. The van der Waals surface area contributed by atoms with Gasteiger partial charge in [-0.05, 0) is 38.8 Å². The van der Waals surface area contributed by atoms with Gasteiger partial charge in [-0.3, -0.25) is 4.18 Å². The van der Waals surface area contributed by atoms with Crippen molar-refractivity contribution in [2.24, 2.45) is 0 Å². The molecule has 22 heavy (non-hydrogen) atoms. The third-order valence-corrected chi connectivity index (χ3v) is 3.20. The molecule has 0 fully saturated rings. The van der Waals surface area contributed by atoms with Gasteiger partial charge in [0.25, 0.3) is 10.1 Å². The van der Waals surface area contributed by atoms with Crippen molar-refractivity contribution in [3.8, 4) is 0 Å². The highest BCUT2D eigenvalue weighted by molar-refractivity contribution is 7.85. The molecular formula is C15H23NO5S. The summed E-state index contributed by atoms with van der Waals surface area (Å²) in [6, 6.07) is 6.91. The van der Waals surface area contributed by atoms with Crippen LogP contribution in [0.25, 0.3) is 0 Å². The summed E-state index contributed by atoms with van der Waals surface area (Å²) in [6.45, 7) is 7.23. The van der Waals surface area contributed by atoms with Gasteiger partial charge in [0.05, 0.1) is 18.9 Å². The minimum absolute atomic E-state index is 0.00696. The molecule has 1 aromatic rings. The van der Waals surface area contributed by atoms with E-state index in [-0.39, 0.29) is 12.6 Å². The first-order valence-corrected chi connectivity index (χ1v) is 8.71. The molecule has 0 radical (unpaired) electrons. The van der Waals surface area contributed by atoms with Crippen LogP contribution in [0.4, 0.5) is 4.79 Å². The van der Waals surface area contributed by atoms with Gasteiger partial charge in [0.2, 0.25) is 0 Å². The van der Waals surface area contributed by atoms with Crippen molar-refractivity contribution in [2.75, 3.05) is 6.26 Å². The molecule has 0 aliphatic heterocycles. The average Bonchev–Trinajstić information content (AvgIpc) is 2.33. The van der Waals surface area contributed by atoms with E-state index >= 15 is 0 Å². The molecule has 1 atom stereocenters. The first-order valence-electron chi connectivity index (χ1n) is 6.89. The van der Waals surface area contributed by atoms with Crippen LogP contribution in [0.15, 0.2) is 24.3 Å². The predicted molar refractivity (Wildman–Crippen MR) is 83.9 cm³/mol. The van der Waals surface area contributed by atoms with E-state index in [1.807, 2.05) is 19.1 Å². The van der Waals surface area contributed by atoms with Gasteiger partial charge in [0.15, 0.2) is 0 Å². The quantitative estimate of drug-likeness (QED) is 0.840. The summed E-state index contributed by atoms with van der Waals surface area (Å²) in [4.78, 5) is 11.7. The molecular weight excluding hydrogens is 306 g/mol. The van der Waals surface area contributed by atoms with E-state index in [1.165, 1.54) is 0 Å². The van der Waals surface area contributed by atoms with Crippen molar-refractivity contribution in [2.45, 2.75) is 45.9 Å². The summed E-state index contributed by atoms with van der Waals surface area (Å²) in [5.41, 5.74) is 1.07. The maximum atomic E-state index is 11.7. The third kappa shape index (κ3) is 7.42. The average molecular weight is 329 g/mol. The highest BCUT2D eigenvalue weighted by atomic mass is 32.2. The van der Waals surface area contributed by atoms with E-state index in [0.717, 1.165) is 17.4 Å². The zero-order valence-electron chi connectivity index (χ0n) is 13.5. The number of nitrogens with one attached hydrogen (secondary N) is 1. The molecule has 124 valence electrons. The number of benzene rings is 1. The molecule has 0 aliphatic carbocycles. The lowest BCUT2D eigenvalue weighted by atomic mass is 10.1. The second-order valence-electron chi connectivity index (χ2n) is 6.08. The van der Waals surface area contributed by atoms with E-state index < -0.39 is 21.8 Å². The molecule has 1 N–H and O–H groups in total. The molecule has 1 amide bonds. The van der Waals surface area contributed by atoms with Gasteiger partial charge in [0, 0.05) is 0 Å². The number of hydrogen-bond donors (Lipinski definition) is 1. The molecule has 7 heteroatoms. The lowest BCUT2D eigenvalue weighted by Crippen LogP contribution is -2.34. The van der Waals surface area contributed by atoms with Crippen LogP contribution in [0, 0.1) is 0 Å². The number of hydrogen-bond acceptors (Lipinski definition) is 5. The fraction of sp³-hybridized carbons (Fsp3) is 0.533. The van der Waals surface area contributed by atoms with Crippen LogP contribution in [0.1, 0.15) is 44.9 Å². The van der Waals surface area contributed by atoms with Crippen molar-refractivity contribution in [3.05, 3.63) is 35.4 Å². The van der Waals surface area contributed by atoms with Crippen LogP contribution >= 0.6 is 0 Å². The maximum absolute atomic E-state index is 11.7. The SMILES string of the molecule is CC(NC(=O)OC(C)(C)C)c1ccc(COS(C)(=O)=O)cc1. The Morgan fingerprint density at radius 3 is 2.23 bits per heavy atom. The Bertz CT molecular complexity index is 602. The van der Waals surface area contributed by atoms with Crippen molar-refractivity contribution in [1.82, 2.24) is 5.32 Å². The van der Waals surface area contributed by atoms with E-state index in [1.54, 1.807) is 32.9 Å². The van der Waals surface area contributed by atoms with Gasteiger partial charge >= 0.3 is 6.09 Å². The van der Waals surface area contributed by atoms with Crippen LogP contribution in [0.5, 0.6) is 0 Å². The summed E-state index contributed by atoms with van der Waals surface area (Å²) in [7, 11) is -3.46. The predicted octanol–water partition coefficient (Wildman–Crippen LogP) is 2.75. The number of amides is 1. The van der Waals surface area contributed by atoms with Gasteiger partial charge in [-0.2, -0.15) is 8.42 Å².